The lowest BCUT2D eigenvalue weighted by molar-refractivity contribution is 0.619. The van der Waals surface area contributed by atoms with Crippen LogP contribution in [0.25, 0.3) is 139 Å². The Bertz CT molecular complexity index is 4750. The van der Waals surface area contributed by atoms with E-state index in [1.165, 1.54) is 21.9 Å². The van der Waals surface area contributed by atoms with Gasteiger partial charge in [0.1, 0.15) is 21.5 Å². The Kier molecular flexibility index (Phi) is 12.9. The van der Waals surface area contributed by atoms with Gasteiger partial charge < -0.3 is 13.8 Å². The van der Waals surface area contributed by atoms with Crippen LogP contribution in [0.4, 0.5) is 0 Å². The second-order valence-electron chi connectivity index (χ2n) is 19.6. The van der Waals surface area contributed by atoms with Crippen molar-refractivity contribution in [2.24, 2.45) is 0 Å². The van der Waals surface area contributed by atoms with Crippen LogP contribution < -0.4 is 0 Å². The topological polar surface area (TPSA) is 98.6 Å². The van der Waals surface area contributed by atoms with Crippen molar-refractivity contribution in [2.75, 3.05) is 0 Å². The van der Waals surface area contributed by atoms with E-state index < -0.39 is 0 Å². The summed E-state index contributed by atoms with van der Waals surface area (Å²) in [6.07, 6.45) is 0. The van der Waals surface area contributed by atoms with Crippen LogP contribution in [0.5, 0.6) is 0 Å². The molecule has 10 aromatic carbocycles. The molecule has 81 heavy (non-hydrogen) atoms. The van der Waals surface area contributed by atoms with Crippen molar-refractivity contribution >= 4 is 81.7 Å². The maximum atomic E-state index is 6.29. The number of nitrogens with one attached hydrogen (secondary N) is 1. The average Bonchev–Trinajstić information content (AvgIpc) is 4.53. The van der Waals surface area contributed by atoms with E-state index in [1.807, 2.05) is 133 Å². The largest absolute Gasteiger partial charge is 0.436 e. The third-order valence-corrected chi connectivity index (χ3v) is 14.9. The number of pyridine rings is 2. The number of oxazole rings is 2. The van der Waals surface area contributed by atoms with Crippen LogP contribution in [0.15, 0.2) is 292 Å². The molecule has 0 aliphatic carbocycles. The summed E-state index contributed by atoms with van der Waals surface area (Å²) in [6, 6.07) is 94.9. The summed E-state index contributed by atoms with van der Waals surface area (Å²) in [5, 5.41) is 4.65. The molecule has 0 radical (unpaired) electrons. The summed E-state index contributed by atoms with van der Waals surface area (Å²) >= 11 is 3.50. The number of H-pyrrole nitrogens is 1. The Balaban J connectivity index is 0.000000121. The number of hydrogen-bond acceptors (Lipinski definition) is 6. The van der Waals surface area contributed by atoms with Crippen molar-refractivity contribution in [3.8, 4) is 73.5 Å². The maximum Gasteiger partial charge on any atom is 0.227 e. The summed E-state index contributed by atoms with van der Waals surface area (Å²) in [4.78, 5) is 23.0. The zero-order valence-electron chi connectivity index (χ0n) is 43.5. The minimum Gasteiger partial charge on any atom is -0.436 e. The van der Waals surface area contributed by atoms with Crippen molar-refractivity contribution in [1.82, 2.24) is 29.5 Å². The van der Waals surface area contributed by atoms with E-state index in [1.54, 1.807) is 0 Å². The average molecular weight is 1110 g/mol. The number of aromatic amines is 1. The van der Waals surface area contributed by atoms with E-state index in [2.05, 4.69) is 176 Å². The van der Waals surface area contributed by atoms with Gasteiger partial charge in [0.2, 0.25) is 11.8 Å². The third kappa shape index (κ3) is 9.62. The lowest BCUT2D eigenvalue weighted by Gasteiger charge is -2.13. The van der Waals surface area contributed by atoms with Gasteiger partial charge in [0.15, 0.2) is 11.2 Å². The van der Waals surface area contributed by atoms with E-state index >= 15 is 0 Å². The maximum absolute atomic E-state index is 6.29. The first kappa shape index (κ1) is 48.9. The molecular formula is C72H47BrN6O2. The molecule has 1 N–H and O–H groups in total. The molecule has 384 valence electrons. The van der Waals surface area contributed by atoms with Gasteiger partial charge >= 0.3 is 0 Å². The van der Waals surface area contributed by atoms with Crippen molar-refractivity contribution < 1.29 is 8.83 Å². The molecule has 0 saturated heterocycles. The zero-order valence-corrected chi connectivity index (χ0v) is 45.1. The molecule has 0 atom stereocenters. The predicted octanol–water partition coefficient (Wildman–Crippen LogP) is 19.6. The van der Waals surface area contributed by atoms with Crippen LogP contribution in [0, 0.1) is 0 Å². The van der Waals surface area contributed by atoms with E-state index in [-0.39, 0.29) is 0 Å². The van der Waals surface area contributed by atoms with E-state index in [4.69, 9.17) is 23.8 Å². The summed E-state index contributed by atoms with van der Waals surface area (Å²) in [5.41, 5.74) is 18.1. The molecule has 0 aliphatic rings. The standard InChI is InChI=1S/C36H23N3O.C19H12N2O.C17H12BrN/c1-4-12-24(13-5-1)27-22-30(25-14-6-2-7-15-25)37-33(23-27)39-31-19-11-10-18-28(31)29-20-21-32-34(35(29)39)38-36(40-32)26-16-8-3-9-17-26;1-2-6-12(7-3-1)19-21-18-16(22-19)11-10-14-13-8-4-5-9-15(13)20-17(14)18;18-17-12-15(13-7-3-1-4-8-13)11-16(19-17)14-9-5-2-6-10-14/h1-23H;1-11,20H;1-12H. The van der Waals surface area contributed by atoms with Gasteiger partial charge in [-0.1, -0.05) is 194 Å². The van der Waals surface area contributed by atoms with E-state index in [9.17, 15) is 0 Å². The molecule has 0 fully saturated rings. The first-order valence-electron chi connectivity index (χ1n) is 26.7. The fourth-order valence-electron chi connectivity index (χ4n) is 10.6. The monoisotopic (exact) mass is 1110 g/mol. The van der Waals surface area contributed by atoms with Gasteiger partial charge in [-0.25, -0.2) is 19.9 Å². The second-order valence-corrected chi connectivity index (χ2v) is 20.4. The van der Waals surface area contributed by atoms with Gasteiger partial charge in [0, 0.05) is 49.3 Å². The van der Waals surface area contributed by atoms with Gasteiger partial charge in [0.05, 0.1) is 27.9 Å². The van der Waals surface area contributed by atoms with Crippen molar-refractivity contribution in [3.63, 3.8) is 0 Å². The van der Waals surface area contributed by atoms with Crippen LogP contribution in [0.1, 0.15) is 0 Å². The Morgan fingerprint density at radius 1 is 0.333 bits per heavy atom. The third-order valence-electron chi connectivity index (χ3n) is 14.5. The highest BCUT2D eigenvalue weighted by Crippen LogP contribution is 2.40. The van der Waals surface area contributed by atoms with E-state index in [0.717, 1.165) is 110 Å². The zero-order chi connectivity index (χ0) is 54.1. The normalized spacial score (nSPS) is 11.3. The molecule has 0 saturated carbocycles. The molecule has 9 heteroatoms. The van der Waals surface area contributed by atoms with Gasteiger partial charge in [-0.05, 0) is 123 Å². The summed E-state index contributed by atoms with van der Waals surface area (Å²) in [5.74, 6) is 2.10. The Labute approximate surface area is 474 Å². The van der Waals surface area contributed by atoms with Crippen molar-refractivity contribution in [1.29, 1.82) is 0 Å². The van der Waals surface area contributed by atoms with Crippen LogP contribution in [0.3, 0.4) is 0 Å². The van der Waals surface area contributed by atoms with Crippen LogP contribution in [-0.4, -0.2) is 29.5 Å². The van der Waals surface area contributed by atoms with Crippen LogP contribution >= 0.6 is 15.9 Å². The molecule has 6 heterocycles. The molecule has 8 nitrogen and oxygen atoms in total. The highest BCUT2D eigenvalue weighted by Gasteiger charge is 2.21. The molecule has 16 aromatic rings. The van der Waals surface area contributed by atoms with Gasteiger partial charge in [0.25, 0.3) is 0 Å². The minimum atomic E-state index is 0.607. The first-order valence-corrected chi connectivity index (χ1v) is 27.5. The molecule has 16 rings (SSSR count). The Morgan fingerprint density at radius 3 is 1.36 bits per heavy atom. The minimum absolute atomic E-state index is 0.607. The number of fused-ring (bicyclic) bond motifs is 10. The van der Waals surface area contributed by atoms with Gasteiger partial charge in [-0.15, -0.1) is 0 Å². The van der Waals surface area contributed by atoms with Crippen LogP contribution in [0.2, 0.25) is 0 Å². The van der Waals surface area contributed by atoms with E-state index in [0.29, 0.717) is 11.8 Å². The molecule has 0 unspecified atom stereocenters. The number of rotatable bonds is 7. The highest BCUT2D eigenvalue weighted by molar-refractivity contribution is 9.10. The van der Waals surface area contributed by atoms with Crippen molar-refractivity contribution in [3.05, 3.63) is 284 Å². The SMILES string of the molecule is Brc1cc(-c2ccccc2)cc(-c2ccccc2)n1.c1ccc(-c2cc(-c3ccccc3)nc(-n3c4ccccc4c4ccc5oc(-c6ccccc6)nc5c43)c2)cc1.c1ccc(-c2nc3c(ccc4c5ccccc5[nH]c43)o2)cc1. The molecule has 0 aliphatic heterocycles. The lowest BCUT2D eigenvalue weighted by atomic mass is 10.0. The molecule has 6 aromatic heterocycles. The van der Waals surface area contributed by atoms with Gasteiger partial charge in [-0.3, -0.25) is 4.57 Å². The Morgan fingerprint density at radius 2 is 0.778 bits per heavy atom. The van der Waals surface area contributed by atoms with Crippen LogP contribution in [-0.2, 0) is 0 Å². The predicted molar refractivity (Wildman–Crippen MR) is 334 cm³/mol. The van der Waals surface area contributed by atoms with Gasteiger partial charge in [-0.2, -0.15) is 0 Å². The lowest BCUT2D eigenvalue weighted by Crippen LogP contribution is -2.00. The summed E-state index contributed by atoms with van der Waals surface area (Å²) in [6.45, 7) is 0. The molecule has 0 amide bonds. The van der Waals surface area contributed by atoms with Crippen molar-refractivity contribution in [2.45, 2.75) is 0 Å². The number of nitrogens with zero attached hydrogens (tertiary/aromatic N) is 5. The number of halogens is 1. The number of benzene rings is 10. The number of hydrogen-bond donors (Lipinski definition) is 1. The molecular weight excluding hydrogens is 1060 g/mol. The number of para-hydroxylation sites is 2. The fourth-order valence-corrected chi connectivity index (χ4v) is 11.1. The summed E-state index contributed by atoms with van der Waals surface area (Å²) in [7, 11) is 0. The second kappa shape index (κ2) is 21.4. The summed E-state index contributed by atoms with van der Waals surface area (Å²) < 4.78 is 15.3. The molecule has 0 bridgehead atoms. The Hall–Kier alpha value is -10.5. The number of aromatic nitrogens is 6. The highest BCUT2D eigenvalue weighted by atomic mass is 79.9. The first-order chi connectivity index (χ1) is 40.1. The quantitative estimate of drug-likeness (QED) is 0.160. The molecule has 0 spiro atoms. The smallest absolute Gasteiger partial charge is 0.227 e. The fraction of sp³-hybridized carbons (Fsp3) is 0.